The summed E-state index contributed by atoms with van der Waals surface area (Å²) in [6, 6.07) is 7.32. The van der Waals surface area contributed by atoms with Gasteiger partial charge in [0.1, 0.15) is 0 Å². The topological polar surface area (TPSA) is 63.9 Å². The molecule has 0 bridgehead atoms. The number of rotatable bonds is 2. The summed E-state index contributed by atoms with van der Waals surface area (Å²) >= 11 is 0. The number of aromatic amines is 1. The number of fused-ring (bicyclic) bond motifs is 1. The Morgan fingerprint density at radius 2 is 2.19 bits per heavy atom. The molecule has 0 aliphatic carbocycles. The maximum Gasteiger partial charge on any atom is 0.215 e. The van der Waals surface area contributed by atoms with E-state index >= 15 is 0 Å². The Morgan fingerprint density at radius 1 is 1.25 bits per heavy atom. The van der Waals surface area contributed by atoms with Crippen LogP contribution in [-0.2, 0) is 0 Å². The fourth-order valence-corrected chi connectivity index (χ4v) is 1.52. The number of furan rings is 1. The lowest BCUT2D eigenvalue weighted by Crippen LogP contribution is -1.86. The van der Waals surface area contributed by atoms with Crippen LogP contribution in [-0.4, -0.2) is 22.1 Å². The highest BCUT2D eigenvalue weighted by molar-refractivity contribution is 5.75. The maximum atomic E-state index is 5.25. The van der Waals surface area contributed by atoms with Crippen molar-refractivity contribution in [2.75, 3.05) is 7.11 Å². The molecule has 0 fully saturated rings. The van der Waals surface area contributed by atoms with Crippen LogP contribution < -0.4 is 4.74 Å². The number of hydrogen-bond donors (Lipinski definition) is 1. The smallest absolute Gasteiger partial charge is 0.215 e. The number of methoxy groups -OCH3 is 1. The summed E-state index contributed by atoms with van der Waals surface area (Å²) in [6.07, 6.45) is 1.61. The fourth-order valence-electron chi connectivity index (χ4n) is 1.52. The molecule has 0 aliphatic heterocycles. The van der Waals surface area contributed by atoms with Gasteiger partial charge in [-0.2, -0.15) is 4.98 Å². The molecule has 3 rings (SSSR count). The SMILES string of the molecule is COc1ccc2[nH]c(-c3ccco3)nc2n1. The number of ether oxygens (including phenoxy) is 1. The van der Waals surface area contributed by atoms with Crippen LogP contribution in [0.15, 0.2) is 34.9 Å². The second kappa shape index (κ2) is 3.37. The Balaban J connectivity index is 2.16. The summed E-state index contributed by atoms with van der Waals surface area (Å²) in [6.45, 7) is 0. The fraction of sp³-hybridized carbons (Fsp3) is 0.0909. The Hall–Kier alpha value is -2.30. The van der Waals surface area contributed by atoms with Gasteiger partial charge in [-0.05, 0) is 18.2 Å². The first-order valence-electron chi connectivity index (χ1n) is 4.81. The molecule has 0 aromatic carbocycles. The molecule has 0 saturated heterocycles. The van der Waals surface area contributed by atoms with Gasteiger partial charge in [-0.3, -0.25) is 0 Å². The third-order valence-electron chi connectivity index (χ3n) is 2.28. The quantitative estimate of drug-likeness (QED) is 0.711. The molecule has 3 heterocycles. The summed E-state index contributed by atoms with van der Waals surface area (Å²) in [5.74, 6) is 1.91. The number of imidazole rings is 1. The summed E-state index contributed by atoms with van der Waals surface area (Å²) in [5, 5.41) is 0. The average Bonchev–Trinajstić information content (AvgIpc) is 2.96. The van der Waals surface area contributed by atoms with Crippen LogP contribution in [0.25, 0.3) is 22.7 Å². The zero-order chi connectivity index (χ0) is 11.0. The van der Waals surface area contributed by atoms with Crippen molar-refractivity contribution in [3.63, 3.8) is 0 Å². The Labute approximate surface area is 91.1 Å². The highest BCUT2D eigenvalue weighted by Crippen LogP contribution is 2.21. The molecule has 5 heteroatoms. The van der Waals surface area contributed by atoms with E-state index in [1.165, 1.54) is 0 Å². The van der Waals surface area contributed by atoms with Gasteiger partial charge >= 0.3 is 0 Å². The van der Waals surface area contributed by atoms with E-state index in [0.29, 0.717) is 23.1 Å². The molecular weight excluding hydrogens is 206 g/mol. The lowest BCUT2D eigenvalue weighted by atomic mass is 10.4. The third-order valence-corrected chi connectivity index (χ3v) is 2.28. The first kappa shape index (κ1) is 8.96. The number of hydrogen-bond acceptors (Lipinski definition) is 4. The van der Waals surface area contributed by atoms with Crippen molar-refractivity contribution in [2.24, 2.45) is 0 Å². The van der Waals surface area contributed by atoms with Crippen LogP contribution >= 0.6 is 0 Å². The van der Waals surface area contributed by atoms with E-state index in [1.54, 1.807) is 19.4 Å². The normalized spacial score (nSPS) is 10.8. The first-order valence-corrected chi connectivity index (χ1v) is 4.81. The van der Waals surface area contributed by atoms with Crippen LogP contribution in [0, 0.1) is 0 Å². The molecule has 0 unspecified atom stereocenters. The van der Waals surface area contributed by atoms with Gasteiger partial charge in [-0.25, -0.2) is 4.98 Å². The molecule has 0 radical (unpaired) electrons. The van der Waals surface area contributed by atoms with E-state index in [9.17, 15) is 0 Å². The molecular formula is C11H9N3O2. The summed E-state index contributed by atoms with van der Waals surface area (Å²) in [4.78, 5) is 11.7. The Bertz CT molecular complexity index is 613. The molecule has 80 valence electrons. The zero-order valence-electron chi connectivity index (χ0n) is 8.60. The lowest BCUT2D eigenvalue weighted by molar-refractivity contribution is 0.399. The minimum absolute atomic E-state index is 0.546. The van der Waals surface area contributed by atoms with Crippen molar-refractivity contribution in [3.05, 3.63) is 30.5 Å². The minimum atomic E-state index is 0.546. The van der Waals surface area contributed by atoms with Crippen LogP contribution in [0.2, 0.25) is 0 Å². The Morgan fingerprint density at radius 3 is 2.94 bits per heavy atom. The molecule has 3 aromatic rings. The molecule has 0 spiro atoms. The number of nitrogens with zero attached hydrogens (tertiary/aromatic N) is 2. The van der Waals surface area contributed by atoms with E-state index < -0.39 is 0 Å². The summed E-state index contributed by atoms with van der Waals surface area (Å²) in [7, 11) is 1.58. The van der Waals surface area contributed by atoms with Gasteiger partial charge in [0.05, 0.1) is 18.9 Å². The number of nitrogens with one attached hydrogen (secondary N) is 1. The van der Waals surface area contributed by atoms with Gasteiger partial charge in [0.15, 0.2) is 17.2 Å². The van der Waals surface area contributed by atoms with Gasteiger partial charge in [0.25, 0.3) is 0 Å². The number of H-pyrrole nitrogens is 1. The third kappa shape index (κ3) is 1.33. The van der Waals surface area contributed by atoms with Crippen LogP contribution in [0.1, 0.15) is 0 Å². The predicted molar refractivity (Wildman–Crippen MR) is 58.1 cm³/mol. The lowest BCUT2D eigenvalue weighted by Gasteiger charge is -1.95. The second-order valence-corrected chi connectivity index (χ2v) is 3.29. The molecule has 0 amide bonds. The standard InChI is InChI=1S/C11H9N3O2/c1-15-9-5-4-7-10(13-9)14-11(12-7)8-3-2-6-16-8/h2-6H,1H3,(H,12,13,14). The molecule has 0 aliphatic rings. The van der Waals surface area contributed by atoms with Crippen molar-refractivity contribution in [2.45, 2.75) is 0 Å². The van der Waals surface area contributed by atoms with E-state index in [-0.39, 0.29) is 0 Å². The molecule has 0 atom stereocenters. The van der Waals surface area contributed by atoms with Crippen molar-refractivity contribution in [1.29, 1.82) is 0 Å². The molecule has 5 nitrogen and oxygen atoms in total. The van der Waals surface area contributed by atoms with E-state index in [0.717, 1.165) is 5.52 Å². The minimum Gasteiger partial charge on any atom is -0.481 e. The molecule has 3 aromatic heterocycles. The Kier molecular flexibility index (Phi) is 1.89. The largest absolute Gasteiger partial charge is 0.481 e. The monoisotopic (exact) mass is 215 g/mol. The summed E-state index contributed by atoms with van der Waals surface area (Å²) < 4.78 is 10.3. The van der Waals surface area contributed by atoms with Crippen LogP contribution in [0.4, 0.5) is 0 Å². The predicted octanol–water partition coefficient (Wildman–Crippen LogP) is 2.23. The van der Waals surface area contributed by atoms with Crippen molar-refractivity contribution < 1.29 is 9.15 Å². The molecule has 1 N–H and O–H groups in total. The van der Waals surface area contributed by atoms with Gasteiger partial charge in [-0.1, -0.05) is 0 Å². The van der Waals surface area contributed by atoms with E-state index in [2.05, 4.69) is 15.0 Å². The van der Waals surface area contributed by atoms with E-state index in [1.807, 2.05) is 18.2 Å². The highest BCUT2D eigenvalue weighted by Gasteiger charge is 2.08. The van der Waals surface area contributed by atoms with Crippen molar-refractivity contribution in [1.82, 2.24) is 15.0 Å². The van der Waals surface area contributed by atoms with E-state index in [4.69, 9.17) is 9.15 Å². The van der Waals surface area contributed by atoms with Crippen LogP contribution in [0.5, 0.6) is 5.88 Å². The summed E-state index contributed by atoms with van der Waals surface area (Å²) in [5.41, 5.74) is 1.47. The maximum absolute atomic E-state index is 5.25. The van der Waals surface area contributed by atoms with Gasteiger partial charge in [0.2, 0.25) is 5.88 Å². The van der Waals surface area contributed by atoms with Gasteiger partial charge < -0.3 is 14.1 Å². The van der Waals surface area contributed by atoms with Gasteiger partial charge in [-0.15, -0.1) is 0 Å². The van der Waals surface area contributed by atoms with Crippen molar-refractivity contribution >= 4 is 11.2 Å². The average molecular weight is 215 g/mol. The van der Waals surface area contributed by atoms with Gasteiger partial charge in [0, 0.05) is 6.07 Å². The van der Waals surface area contributed by atoms with Crippen LogP contribution in [0.3, 0.4) is 0 Å². The number of aromatic nitrogens is 3. The zero-order valence-corrected chi connectivity index (χ0v) is 8.60. The molecule has 0 saturated carbocycles. The second-order valence-electron chi connectivity index (χ2n) is 3.29. The number of pyridine rings is 1. The van der Waals surface area contributed by atoms with Crippen molar-refractivity contribution in [3.8, 4) is 17.5 Å². The molecule has 16 heavy (non-hydrogen) atoms. The highest BCUT2D eigenvalue weighted by atomic mass is 16.5. The first-order chi connectivity index (χ1) is 7.86.